The van der Waals surface area contributed by atoms with Crippen molar-refractivity contribution >= 4 is 17.4 Å². The van der Waals surface area contributed by atoms with Crippen LogP contribution in [-0.4, -0.2) is 30.0 Å². The van der Waals surface area contributed by atoms with Crippen molar-refractivity contribution < 1.29 is 9.53 Å². The lowest BCUT2D eigenvalue weighted by Crippen LogP contribution is -2.25. The van der Waals surface area contributed by atoms with E-state index in [1.807, 2.05) is 0 Å². The molecule has 0 aliphatic carbocycles. The number of ether oxygens (including phenoxy) is 1. The highest BCUT2D eigenvalue weighted by atomic mass is 32.1. The Hall–Kier alpha value is -0.940. The summed E-state index contributed by atoms with van der Waals surface area (Å²) < 4.78 is 9.16. The van der Waals surface area contributed by atoms with Gasteiger partial charge in [0.15, 0.2) is 0 Å². The second-order valence-electron chi connectivity index (χ2n) is 3.69. The third-order valence-corrected chi connectivity index (χ3v) is 3.14. The summed E-state index contributed by atoms with van der Waals surface area (Å²) >= 11 is 1.30. The molecule has 1 unspecified atom stereocenters. The second-order valence-corrected chi connectivity index (χ2v) is 4.34. The minimum Gasteiger partial charge on any atom is -0.381 e. The molecule has 1 saturated heterocycles. The topological polar surface area (TPSA) is 51.2 Å². The normalized spacial score (nSPS) is 20.4. The molecule has 1 aliphatic heterocycles. The number of amides is 1. The first-order valence-corrected chi connectivity index (χ1v) is 5.95. The van der Waals surface area contributed by atoms with Crippen molar-refractivity contribution in [2.24, 2.45) is 5.92 Å². The van der Waals surface area contributed by atoms with Gasteiger partial charge in [0.25, 0.3) is 5.91 Å². The van der Waals surface area contributed by atoms with Crippen molar-refractivity contribution in [1.82, 2.24) is 9.69 Å². The van der Waals surface area contributed by atoms with Crippen LogP contribution in [0.1, 0.15) is 23.2 Å². The van der Waals surface area contributed by atoms with Gasteiger partial charge in [0.1, 0.15) is 0 Å². The van der Waals surface area contributed by atoms with E-state index in [0.29, 0.717) is 11.5 Å². The van der Waals surface area contributed by atoms with Crippen molar-refractivity contribution in [3.8, 4) is 0 Å². The van der Waals surface area contributed by atoms with Crippen LogP contribution < -0.4 is 5.32 Å². The molecule has 1 aromatic rings. The molecule has 0 spiro atoms. The highest BCUT2D eigenvalue weighted by Gasteiger charge is 2.15. The number of nitrogens with zero attached hydrogens (tertiary/aromatic N) is 1. The SMILES string of the molecule is O=C(NCCC1CCOC1)c1cnsc1. The standard InChI is InChI=1S/C10H14N2O2S/c13-10(9-5-12-15-7-9)11-3-1-8-2-4-14-6-8/h5,7-8H,1-4,6H2,(H,11,13). The van der Waals surface area contributed by atoms with Crippen LogP contribution in [0.4, 0.5) is 0 Å². The number of aromatic nitrogens is 1. The molecule has 15 heavy (non-hydrogen) atoms. The van der Waals surface area contributed by atoms with Gasteiger partial charge >= 0.3 is 0 Å². The van der Waals surface area contributed by atoms with E-state index in [1.165, 1.54) is 11.5 Å². The maximum absolute atomic E-state index is 11.5. The number of hydrogen-bond acceptors (Lipinski definition) is 4. The molecule has 1 aromatic heterocycles. The summed E-state index contributed by atoms with van der Waals surface area (Å²) in [4.78, 5) is 11.5. The van der Waals surface area contributed by atoms with Crippen molar-refractivity contribution in [3.63, 3.8) is 0 Å². The van der Waals surface area contributed by atoms with Crippen LogP contribution in [0.5, 0.6) is 0 Å². The lowest BCUT2D eigenvalue weighted by atomic mass is 10.1. The highest BCUT2D eigenvalue weighted by molar-refractivity contribution is 7.03. The van der Waals surface area contributed by atoms with Gasteiger partial charge in [-0.05, 0) is 30.3 Å². The van der Waals surface area contributed by atoms with E-state index in [0.717, 1.165) is 32.6 Å². The summed E-state index contributed by atoms with van der Waals surface area (Å²) in [5.74, 6) is 0.591. The molecule has 0 saturated carbocycles. The van der Waals surface area contributed by atoms with E-state index >= 15 is 0 Å². The van der Waals surface area contributed by atoms with Crippen LogP contribution >= 0.6 is 11.5 Å². The number of carbonyl (C=O) groups is 1. The molecule has 82 valence electrons. The molecule has 0 radical (unpaired) electrons. The number of rotatable bonds is 4. The molecule has 1 amide bonds. The van der Waals surface area contributed by atoms with Gasteiger partial charge in [-0.1, -0.05) is 0 Å². The Bertz CT molecular complexity index is 307. The third-order valence-electron chi connectivity index (χ3n) is 2.56. The van der Waals surface area contributed by atoms with Crippen molar-refractivity contribution in [1.29, 1.82) is 0 Å². The predicted octanol–water partition coefficient (Wildman–Crippen LogP) is 1.30. The molecule has 2 rings (SSSR count). The Kier molecular flexibility index (Phi) is 3.69. The molecule has 2 heterocycles. The fraction of sp³-hybridized carbons (Fsp3) is 0.600. The first-order chi connectivity index (χ1) is 7.36. The zero-order valence-corrected chi connectivity index (χ0v) is 9.26. The molecule has 1 fully saturated rings. The van der Waals surface area contributed by atoms with Crippen molar-refractivity contribution in [3.05, 3.63) is 17.1 Å². The van der Waals surface area contributed by atoms with Gasteiger partial charge in [0, 0.05) is 25.1 Å². The molecular weight excluding hydrogens is 212 g/mol. The zero-order chi connectivity index (χ0) is 10.5. The average Bonchev–Trinajstić information content (AvgIpc) is 2.90. The average molecular weight is 226 g/mol. The Morgan fingerprint density at radius 2 is 2.67 bits per heavy atom. The smallest absolute Gasteiger partial charge is 0.253 e. The van der Waals surface area contributed by atoms with Crippen LogP contribution in [0, 0.1) is 5.92 Å². The summed E-state index contributed by atoms with van der Waals surface area (Å²) in [5.41, 5.74) is 0.655. The van der Waals surface area contributed by atoms with Gasteiger partial charge in [0.05, 0.1) is 11.8 Å². The van der Waals surface area contributed by atoms with E-state index in [2.05, 4.69) is 9.69 Å². The van der Waals surface area contributed by atoms with Gasteiger partial charge in [-0.25, -0.2) is 4.37 Å². The van der Waals surface area contributed by atoms with Crippen LogP contribution in [0.15, 0.2) is 11.6 Å². The van der Waals surface area contributed by atoms with E-state index in [4.69, 9.17) is 4.74 Å². The predicted molar refractivity (Wildman–Crippen MR) is 58.0 cm³/mol. The van der Waals surface area contributed by atoms with Gasteiger partial charge < -0.3 is 10.1 Å². The minimum absolute atomic E-state index is 0.0253. The summed E-state index contributed by atoms with van der Waals surface area (Å²) in [6.07, 6.45) is 3.72. The molecule has 0 bridgehead atoms. The molecule has 1 atom stereocenters. The lowest BCUT2D eigenvalue weighted by molar-refractivity contribution is 0.0950. The first kappa shape index (κ1) is 10.6. The van der Waals surface area contributed by atoms with Crippen molar-refractivity contribution in [2.45, 2.75) is 12.8 Å². The van der Waals surface area contributed by atoms with Gasteiger partial charge in [0.2, 0.25) is 0 Å². The van der Waals surface area contributed by atoms with Crippen LogP contribution in [-0.2, 0) is 4.74 Å². The Balaban J connectivity index is 1.67. The Labute approximate surface area is 92.8 Å². The summed E-state index contributed by atoms with van der Waals surface area (Å²) in [6, 6.07) is 0. The fourth-order valence-corrected chi connectivity index (χ4v) is 2.14. The number of nitrogens with one attached hydrogen (secondary N) is 1. The van der Waals surface area contributed by atoms with E-state index < -0.39 is 0 Å². The van der Waals surface area contributed by atoms with Crippen LogP contribution in [0.2, 0.25) is 0 Å². The summed E-state index contributed by atoms with van der Waals surface area (Å²) in [7, 11) is 0. The molecule has 5 heteroatoms. The Morgan fingerprint density at radius 1 is 1.73 bits per heavy atom. The van der Waals surface area contributed by atoms with E-state index in [1.54, 1.807) is 11.6 Å². The lowest BCUT2D eigenvalue weighted by Gasteiger charge is -2.07. The molecular formula is C10H14N2O2S. The largest absolute Gasteiger partial charge is 0.381 e. The second kappa shape index (κ2) is 5.23. The number of carbonyl (C=O) groups excluding carboxylic acids is 1. The third kappa shape index (κ3) is 3.00. The highest BCUT2D eigenvalue weighted by Crippen LogP contribution is 2.15. The van der Waals surface area contributed by atoms with Crippen molar-refractivity contribution in [2.75, 3.05) is 19.8 Å². The maximum Gasteiger partial charge on any atom is 0.253 e. The van der Waals surface area contributed by atoms with Gasteiger partial charge in [-0.3, -0.25) is 4.79 Å². The van der Waals surface area contributed by atoms with Crippen LogP contribution in [0.25, 0.3) is 0 Å². The Morgan fingerprint density at radius 3 is 3.33 bits per heavy atom. The maximum atomic E-state index is 11.5. The monoisotopic (exact) mass is 226 g/mol. The summed E-state index contributed by atoms with van der Waals surface area (Å²) in [5, 5.41) is 4.64. The fourth-order valence-electron chi connectivity index (χ4n) is 1.62. The van der Waals surface area contributed by atoms with Gasteiger partial charge in [-0.15, -0.1) is 0 Å². The molecule has 0 aromatic carbocycles. The quantitative estimate of drug-likeness (QED) is 0.842. The first-order valence-electron chi connectivity index (χ1n) is 5.11. The summed E-state index contributed by atoms with van der Waals surface area (Å²) in [6.45, 7) is 2.44. The number of hydrogen-bond donors (Lipinski definition) is 1. The van der Waals surface area contributed by atoms with Gasteiger partial charge in [-0.2, -0.15) is 0 Å². The molecule has 1 aliphatic rings. The minimum atomic E-state index is -0.0253. The molecule has 1 N–H and O–H groups in total. The zero-order valence-electron chi connectivity index (χ0n) is 8.44. The van der Waals surface area contributed by atoms with E-state index in [9.17, 15) is 4.79 Å². The molecule has 4 nitrogen and oxygen atoms in total. The van der Waals surface area contributed by atoms with E-state index in [-0.39, 0.29) is 5.91 Å². The van der Waals surface area contributed by atoms with Crippen LogP contribution in [0.3, 0.4) is 0 Å².